The number of aliphatic carboxylic acids is 1. The number of halogens is 2. The predicted molar refractivity (Wildman–Crippen MR) is 82.2 cm³/mol. The lowest BCUT2D eigenvalue weighted by atomic mass is 10.1. The topological polar surface area (TPSA) is 66.4 Å². The first-order chi connectivity index (χ1) is 9.97. The number of hydrogen-bond acceptors (Lipinski definition) is 2. The minimum absolute atomic E-state index is 0.176. The van der Waals surface area contributed by atoms with Gasteiger partial charge in [0, 0.05) is 10.7 Å². The molecule has 6 heteroatoms. The second-order valence-electron chi connectivity index (χ2n) is 4.31. The molecule has 4 nitrogen and oxygen atoms in total. The first kappa shape index (κ1) is 15.4. The van der Waals surface area contributed by atoms with Gasteiger partial charge in [-0.25, -0.2) is 0 Å². The average Bonchev–Trinajstić information content (AvgIpc) is 2.40. The molecule has 0 aliphatic rings. The summed E-state index contributed by atoms with van der Waals surface area (Å²) >= 11 is 11.8. The van der Waals surface area contributed by atoms with E-state index in [1.54, 1.807) is 30.3 Å². The van der Waals surface area contributed by atoms with Gasteiger partial charge in [-0.1, -0.05) is 41.4 Å². The molecule has 108 valence electrons. The van der Waals surface area contributed by atoms with Crippen molar-refractivity contribution in [2.75, 3.05) is 5.32 Å². The number of carboxylic acid groups (broad SMARTS) is 1. The van der Waals surface area contributed by atoms with Crippen molar-refractivity contribution in [2.45, 2.75) is 6.42 Å². The lowest BCUT2D eigenvalue weighted by Crippen LogP contribution is -2.14. The molecule has 0 aromatic heterocycles. The summed E-state index contributed by atoms with van der Waals surface area (Å²) in [5.41, 5.74) is 1.23. The first-order valence-electron chi connectivity index (χ1n) is 6.03. The standard InChI is InChI=1S/C15H11Cl2NO3/c16-10-5-6-11(12(17)8-10)15(21)18-13-4-2-1-3-9(13)7-14(19)20/h1-6,8H,7H2,(H,18,21)(H,19,20). The maximum absolute atomic E-state index is 12.2. The van der Waals surface area contributed by atoms with E-state index in [2.05, 4.69) is 5.32 Å². The molecule has 0 radical (unpaired) electrons. The van der Waals surface area contributed by atoms with Crippen LogP contribution in [0.25, 0.3) is 0 Å². The van der Waals surface area contributed by atoms with Crippen LogP contribution in [0.15, 0.2) is 42.5 Å². The van der Waals surface area contributed by atoms with E-state index in [0.29, 0.717) is 16.3 Å². The van der Waals surface area contributed by atoms with Crippen molar-refractivity contribution in [3.05, 3.63) is 63.6 Å². The molecule has 21 heavy (non-hydrogen) atoms. The van der Waals surface area contributed by atoms with Gasteiger partial charge >= 0.3 is 5.97 Å². The molecule has 2 rings (SSSR count). The molecule has 0 aliphatic heterocycles. The van der Waals surface area contributed by atoms with Crippen LogP contribution in [-0.2, 0) is 11.2 Å². The fraction of sp³-hybridized carbons (Fsp3) is 0.0667. The maximum atomic E-state index is 12.2. The van der Waals surface area contributed by atoms with Crippen molar-refractivity contribution in [3.8, 4) is 0 Å². The van der Waals surface area contributed by atoms with Gasteiger partial charge in [-0.15, -0.1) is 0 Å². The molecule has 2 aromatic rings. The monoisotopic (exact) mass is 323 g/mol. The molecule has 2 N–H and O–H groups in total. The number of para-hydroxylation sites is 1. The number of nitrogens with one attached hydrogen (secondary N) is 1. The summed E-state index contributed by atoms with van der Waals surface area (Å²) in [6, 6.07) is 11.3. The highest BCUT2D eigenvalue weighted by atomic mass is 35.5. The van der Waals surface area contributed by atoms with Gasteiger partial charge in [-0.2, -0.15) is 0 Å². The SMILES string of the molecule is O=C(O)Cc1ccccc1NC(=O)c1ccc(Cl)cc1Cl. The number of amides is 1. The second-order valence-corrected chi connectivity index (χ2v) is 5.15. The fourth-order valence-corrected chi connectivity index (χ4v) is 2.32. The van der Waals surface area contributed by atoms with Crippen molar-refractivity contribution in [1.82, 2.24) is 0 Å². The molecule has 1 amide bonds. The van der Waals surface area contributed by atoms with Crippen LogP contribution in [0.1, 0.15) is 15.9 Å². The zero-order chi connectivity index (χ0) is 15.4. The molecule has 0 unspecified atom stereocenters. The highest BCUT2D eigenvalue weighted by Crippen LogP contribution is 2.23. The third-order valence-corrected chi connectivity index (χ3v) is 3.33. The van der Waals surface area contributed by atoms with Crippen molar-refractivity contribution < 1.29 is 14.7 Å². The Morgan fingerprint density at radius 2 is 1.81 bits per heavy atom. The minimum atomic E-state index is -0.971. The highest BCUT2D eigenvalue weighted by molar-refractivity contribution is 6.37. The third kappa shape index (κ3) is 3.97. The van der Waals surface area contributed by atoms with E-state index in [9.17, 15) is 9.59 Å². The first-order valence-corrected chi connectivity index (χ1v) is 6.79. The number of carboxylic acids is 1. The van der Waals surface area contributed by atoms with Gasteiger partial charge in [0.2, 0.25) is 0 Å². The Morgan fingerprint density at radius 3 is 2.48 bits per heavy atom. The molecule has 0 saturated heterocycles. The number of benzene rings is 2. The zero-order valence-electron chi connectivity index (χ0n) is 10.8. The number of anilines is 1. The van der Waals surface area contributed by atoms with Crippen LogP contribution in [0, 0.1) is 0 Å². The van der Waals surface area contributed by atoms with E-state index in [-0.39, 0.29) is 17.0 Å². The Bertz CT molecular complexity index is 701. The number of carbonyl (C=O) groups is 2. The van der Waals surface area contributed by atoms with Gasteiger partial charge in [0.05, 0.1) is 17.0 Å². The Hall–Kier alpha value is -2.04. The average molecular weight is 324 g/mol. The third-order valence-electron chi connectivity index (χ3n) is 2.78. The molecule has 2 aromatic carbocycles. The van der Waals surface area contributed by atoms with Crippen LogP contribution in [0.4, 0.5) is 5.69 Å². The zero-order valence-corrected chi connectivity index (χ0v) is 12.3. The van der Waals surface area contributed by atoms with Gasteiger partial charge in [-0.05, 0) is 29.8 Å². The smallest absolute Gasteiger partial charge is 0.307 e. The molecule has 0 saturated carbocycles. The van der Waals surface area contributed by atoms with Gasteiger partial charge in [0.15, 0.2) is 0 Å². The Morgan fingerprint density at radius 1 is 1.10 bits per heavy atom. The summed E-state index contributed by atoms with van der Waals surface area (Å²) in [4.78, 5) is 23.0. The Balaban J connectivity index is 2.25. The van der Waals surface area contributed by atoms with E-state index in [4.69, 9.17) is 28.3 Å². The number of hydrogen-bond donors (Lipinski definition) is 2. The van der Waals surface area contributed by atoms with Crippen molar-refractivity contribution in [3.63, 3.8) is 0 Å². The predicted octanol–water partition coefficient (Wildman–Crippen LogP) is 3.87. The second kappa shape index (κ2) is 6.61. The summed E-state index contributed by atoms with van der Waals surface area (Å²) in [6.07, 6.45) is -0.176. The van der Waals surface area contributed by atoms with Crippen LogP contribution in [0.2, 0.25) is 10.0 Å². The minimum Gasteiger partial charge on any atom is -0.481 e. The summed E-state index contributed by atoms with van der Waals surface area (Å²) in [5, 5.41) is 12.2. The van der Waals surface area contributed by atoms with Crippen molar-refractivity contribution >= 4 is 40.8 Å². The highest BCUT2D eigenvalue weighted by Gasteiger charge is 2.13. The van der Waals surface area contributed by atoms with E-state index < -0.39 is 11.9 Å². The van der Waals surface area contributed by atoms with Crippen LogP contribution >= 0.6 is 23.2 Å². The van der Waals surface area contributed by atoms with Crippen molar-refractivity contribution in [1.29, 1.82) is 0 Å². The molecular formula is C15H11Cl2NO3. The maximum Gasteiger partial charge on any atom is 0.307 e. The largest absolute Gasteiger partial charge is 0.481 e. The summed E-state index contributed by atoms with van der Waals surface area (Å²) in [6.45, 7) is 0. The molecule has 0 bridgehead atoms. The Kier molecular flexibility index (Phi) is 4.83. The van der Waals surface area contributed by atoms with Gasteiger partial charge < -0.3 is 10.4 Å². The molecule has 0 spiro atoms. The Labute approximate surface area is 131 Å². The quantitative estimate of drug-likeness (QED) is 0.897. The molecule has 0 fully saturated rings. The molecule has 0 atom stereocenters. The normalized spacial score (nSPS) is 10.2. The summed E-state index contributed by atoms with van der Waals surface area (Å²) in [5.74, 6) is -1.39. The van der Waals surface area contributed by atoms with Crippen molar-refractivity contribution in [2.24, 2.45) is 0 Å². The van der Waals surface area contributed by atoms with E-state index in [0.717, 1.165) is 0 Å². The van der Waals surface area contributed by atoms with Crippen LogP contribution in [-0.4, -0.2) is 17.0 Å². The molecule has 0 heterocycles. The van der Waals surface area contributed by atoms with E-state index in [1.807, 2.05) is 0 Å². The van der Waals surface area contributed by atoms with Crippen LogP contribution in [0.5, 0.6) is 0 Å². The fourth-order valence-electron chi connectivity index (χ4n) is 1.82. The number of carbonyl (C=O) groups excluding carboxylic acids is 1. The lowest BCUT2D eigenvalue weighted by molar-refractivity contribution is -0.136. The van der Waals surface area contributed by atoms with Gasteiger partial charge in [-0.3, -0.25) is 9.59 Å². The van der Waals surface area contributed by atoms with Crippen LogP contribution in [0.3, 0.4) is 0 Å². The van der Waals surface area contributed by atoms with E-state index in [1.165, 1.54) is 12.1 Å². The lowest BCUT2D eigenvalue weighted by Gasteiger charge is -2.10. The van der Waals surface area contributed by atoms with Crippen LogP contribution < -0.4 is 5.32 Å². The molecular weight excluding hydrogens is 313 g/mol. The van der Waals surface area contributed by atoms with E-state index >= 15 is 0 Å². The summed E-state index contributed by atoms with van der Waals surface area (Å²) < 4.78 is 0. The van der Waals surface area contributed by atoms with Gasteiger partial charge in [0.1, 0.15) is 0 Å². The summed E-state index contributed by atoms with van der Waals surface area (Å²) in [7, 11) is 0. The van der Waals surface area contributed by atoms with Gasteiger partial charge in [0.25, 0.3) is 5.91 Å². The molecule has 0 aliphatic carbocycles. The number of rotatable bonds is 4.